The number of oxazole rings is 1. The van der Waals surface area contributed by atoms with Crippen LogP contribution in [-0.2, 0) is 16.4 Å². The second-order valence-electron chi connectivity index (χ2n) is 6.59. The molecule has 0 aliphatic rings. The molecule has 4 rings (SSSR count). The molecule has 0 aliphatic carbocycles. The van der Waals surface area contributed by atoms with Crippen molar-refractivity contribution in [3.8, 4) is 22.4 Å². The highest BCUT2D eigenvalue weighted by Gasteiger charge is 2.22. The smallest absolute Gasteiger partial charge is 0.238 e. The van der Waals surface area contributed by atoms with E-state index < -0.39 is 10.0 Å². The minimum atomic E-state index is -3.99. The Hall–Kier alpha value is -2.93. The fourth-order valence-electron chi connectivity index (χ4n) is 3.26. The van der Waals surface area contributed by atoms with E-state index in [1.807, 2.05) is 48.5 Å². The van der Waals surface area contributed by atoms with Crippen LogP contribution in [0.5, 0.6) is 0 Å². The van der Waals surface area contributed by atoms with E-state index in [1.54, 1.807) is 18.2 Å². The largest absolute Gasteiger partial charge is 0.451 e. The average molecular weight is 425 g/mol. The maximum atomic E-state index is 12.5. The molecule has 146 valence electrons. The van der Waals surface area contributed by atoms with Crippen molar-refractivity contribution in [2.75, 3.05) is 0 Å². The third-order valence-electron chi connectivity index (χ3n) is 4.63. The molecular formula is C22H17ClN2O3S. The molecule has 0 amide bonds. The summed E-state index contributed by atoms with van der Waals surface area (Å²) in [6, 6.07) is 20.2. The number of benzene rings is 3. The summed E-state index contributed by atoms with van der Waals surface area (Å²) in [4.78, 5) is 4.30. The summed E-state index contributed by atoms with van der Waals surface area (Å²) in [5, 5.41) is 6.21. The molecule has 2 N–H and O–H groups in total. The fourth-order valence-corrected chi connectivity index (χ4v) is 4.21. The highest BCUT2D eigenvalue weighted by molar-refractivity contribution is 7.89. The molecule has 0 bridgehead atoms. The van der Waals surface area contributed by atoms with Gasteiger partial charge in [-0.05, 0) is 52.9 Å². The van der Waals surface area contributed by atoms with E-state index in [4.69, 9.17) is 21.2 Å². The Kier molecular flexibility index (Phi) is 5.24. The Bertz CT molecular complexity index is 1240. The van der Waals surface area contributed by atoms with Crippen molar-refractivity contribution in [1.29, 1.82) is 0 Å². The van der Waals surface area contributed by atoms with Crippen LogP contribution in [0.2, 0.25) is 5.02 Å². The first-order valence-electron chi connectivity index (χ1n) is 8.80. The van der Waals surface area contributed by atoms with Crippen molar-refractivity contribution in [2.24, 2.45) is 5.14 Å². The van der Waals surface area contributed by atoms with Gasteiger partial charge in [-0.25, -0.2) is 18.5 Å². The minimum Gasteiger partial charge on any atom is -0.451 e. The van der Waals surface area contributed by atoms with E-state index in [2.05, 4.69) is 4.98 Å². The normalized spacial score (nSPS) is 11.5. The van der Waals surface area contributed by atoms with Crippen LogP contribution in [0.3, 0.4) is 0 Å². The van der Waals surface area contributed by atoms with Crippen molar-refractivity contribution < 1.29 is 12.8 Å². The van der Waals surface area contributed by atoms with Gasteiger partial charge in [0.2, 0.25) is 10.0 Å². The number of nitrogens with zero attached hydrogens (tertiary/aromatic N) is 1. The zero-order valence-electron chi connectivity index (χ0n) is 15.2. The number of primary sulfonamides is 1. The Labute approximate surface area is 173 Å². The van der Waals surface area contributed by atoms with E-state index in [-0.39, 0.29) is 4.90 Å². The van der Waals surface area contributed by atoms with Gasteiger partial charge in [0.1, 0.15) is 12.0 Å². The molecule has 0 fully saturated rings. The van der Waals surface area contributed by atoms with Gasteiger partial charge in [0.15, 0.2) is 6.39 Å². The molecule has 0 aliphatic heterocycles. The molecule has 0 saturated carbocycles. The summed E-state index contributed by atoms with van der Waals surface area (Å²) in [7, 11) is -3.99. The monoisotopic (exact) mass is 424 g/mol. The highest BCUT2D eigenvalue weighted by Crippen LogP contribution is 2.35. The standard InChI is InChI=1S/C22H17ClN2O3S/c23-18-8-6-16(7-9-18)17-11-19(21-13-28-14-25-21)20(22(12-17)29(24,26)27)10-15-4-2-1-3-5-15/h1-9,11-14H,10H2,(H2,24,26,27). The highest BCUT2D eigenvalue weighted by atomic mass is 35.5. The lowest BCUT2D eigenvalue weighted by Crippen LogP contribution is -2.16. The molecular weight excluding hydrogens is 408 g/mol. The molecule has 1 heterocycles. The lowest BCUT2D eigenvalue weighted by atomic mass is 9.93. The molecule has 29 heavy (non-hydrogen) atoms. The summed E-state index contributed by atoms with van der Waals surface area (Å²) in [5.74, 6) is 0. The zero-order chi connectivity index (χ0) is 20.4. The molecule has 0 unspecified atom stereocenters. The number of sulfonamides is 1. The summed E-state index contributed by atoms with van der Waals surface area (Å²) in [6.07, 6.45) is 3.19. The Morgan fingerprint density at radius 2 is 1.69 bits per heavy atom. The second kappa shape index (κ2) is 7.83. The summed E-state index contributed by atoms with van der Waals surface area (Å²) in [6.45, 7) is 0. The first-order valence-corrected chi connectivity index (χ1v) is 10.7. The van der Waals surface area contributed by atoms with Gasteiger partial charge in [-0.3, -0.25) is 0 Å². The first kappa shape index (κ1) is 19.4. The van der Waals surface area contributed by atoms with Crippen LogP contribution in [-0.4, -0.2) is 13.4 Å². The number of aromatic nitrogens is 1. The van der Waals surface area contributed by atoms with Crippen molar-refractivity contribution in [2.45, 2.75) is 11.3 Å². The third kappa shape index (κ3) is 4.24. The topological polar surface area (TPSA) is 86.2 Å². The predicted molar refractivity (Wildman–Crippen MR) is 113 cm³/mol. The van der Waals surface area contributed by atoms with Crippen LogP contribution >= 0.6 is 11.6 Å². The molecule has 0 saturated heterocycles. The van der Waals surface area contributed by atoms with Gasteiger partial charge in [-0.1, -0.05) is 54.1 Å². The quantitative estimate of drug-likeness (QED) is 0.493. The lowest BCUT2D eigenvalue weighted by molar-refractivity contribution is 0.558. The molecule has 0 radical (unpaired) electrons. The molecule has 0 atom stereocenters. The maximum Gasteiger partial charge on any atom is 0.238 e. The molecule has 3 aromatic carbocycles. The van der Waals surface area contributed by atoms with Crippen molar-refractivity contribution in [1.82, 2.24) is 4.98 Å². The summed E-state index contributed by atoms with van der Waals surface area (Å²) in [5.41, 5.74) is 4.23. The molecule has 0 spiro atoms. The number of nitrogens with two attached hydrogens (primary N) is 1. The van der Waals surface area contributed by atoms with Crippen molar-refractivity contribution in [3.05, 3.63) is 95.5 Å². The van der Waals surface area contributed by atoms with Gasteiger partial charge in [-0.15, -0.1) is 0 Å². The molecule has 1 aromatic heterocycles. The van der Waals surface area contributed by atoms with E-state index in [0.717, 1.165) is 11.1 Å². The average Bonchev–Trinajstić information content (AvgIpc) is 3.23. The number of halogens is 1. The van der Waals surface area contributed by atoms with Crippen LogP contribution in [0.25, 0.3) is 22.4 Å². The summed E-state index contributed by atoms with van der Waals surface area (Å²) >= 11 is 5.99. The van der Waals surface area contributed by atoms with Gasteiger partial charge >= 0.3 is 0 Å². The summed E-state index contributed by atoms with van der Waals surface area (Å²) < 4.78 is 30.2. The van der Waals surface area contributed by atoms with E-state index in [0.29, 0.717) is 33.8 Å². The van der Waals surface area contributed by atoms with Gasteiger partial charge in [0.05, 0.1) is 4.90 Å². The van der Waals surface area contributed by atoms with Gasteiger partial charge in [0.25, 0.3) is 0 Å². The molecule has 4 aromatic rings. The van der Waals surface area contributed by atoms with Gasteiger partial charge < -0.3 is 4.42 Å². The molecule has 7 heteroatoms. The van der Waals surface area contributed by atoms with Crippen LogP contribution in [0, 0.1) is 0 Å². The number of hydrogen-bond acceptors (Lipinski definition) is 4. The Balaban J connectivity index is 1.98. The number of rotatable bonds is 5. The van der Waals surface area contributed by atoms with Crippen LogP contribution < -0.4 is 5.14 Å². The number of hydrogen-bond donors (Lipinski definition) is 1. The van der Waals surface area contributed by atoms with Crippen LogP contribution in [0.15, 0.2) is 88.7 Å². The Morgan fingerprint density at radius 3 is 2.31 bits per heavy atom. The minimum absolute atomic E-state index is 0.0619. The van der Waals surface area contributed by atoms with E-state index >= 15 is 0 Å². The van der Waals surface area contributed by atoms with Gasteiger partial charge in [0, 0.05) is 10.6 Å². The molecule has 5 nitrogen and oxygen atoms in total. The fraction of sp³-hybridized carbons (Fsp3) is 0.0455. The second-order valence-corrected chi connectivity index (χ2v) is 8.55. The first-order chi connectivity index (χ1) is 13.9. The third-order valence-corrected chi connectivity index (χ3v) is 5.85. The predicted octanol–water partition coefficient (Wildman–Crippen LogP) is 4.90. The van der Waals surface area contributed by atoms with Crippen molar-refractivity contribution >= 4 is 21.6 Å². The SMILES string of the molecule is NS(=O)(=O)c1cc(-c2ccc(Cl)cc2)cc(-c2cocn2)c1Cc1ccccc1. The van der Waals surface area contributed by atoms with Gasteiger partial charge in [-0.2, -0.15) is 0 Å². The lowest BCUT2D eigenvalue weighted by Gasteiger charge is -2.16. The Morgan fingerprint density at radius 1 is 0.966 bits per heavy atom. The van der Waals surface area contributed by atoms with Crippen LogP contribution in [0.4, 0.5) is 0 Å². The van der Waals surface area contributed by atoms with E-state index in [1.165, 1.54) is 12.7 Å². The van der Waals surface area contributed by atoms with Crippen molar-refractivity contribution in [3.63, 3.8) is 0 Å². The zero-order valence-corrected chi connectivity index (χ0v) is 16.8. The van der Waals surface area contributed by atoms with Crippen LogP contribution in [0.1, 0.15) is 11.1 Å². The van der Waals surface area contributed by atoms with E-state index in [9.17, 15) is 8.42 Å². The maximum absolute atomic E-state index is 12.5.